The van der Waals surface area contributed by atoms with Crippen LogP contribution >= 0.6 is 0 Å². The molecule has 0 saturated carbocycles. The molecule has 0 aliphatic carbocycles. The molecule has 100 valence electrons. The Bertz CT molecular complexity index is 579. The van der Waals surface area contributed by atoms with Crippen LogP contribution in [0.5, 0.6) is 6.01 Å². The van der Waals surface area contributed by atoms with Crippen molar-refractivity contribution in [1.82, 2.24) is 19.7 Å². The summed E-state index contributed by atoms with van der Waals surface area (Å²) in [5, 5.41) is 12.9. The molecule has 19 heavy (non-hydrogen) atoms. The number of nitrogens with zero attached hydrogens (tertiary/aromatic N) is 4. The van der Waals surface area contributed by atoms with Crippen LogP contribution in [0.1, 0.15) is 5.69 Å². The number of hydrogen-bond acceptors (Lipinski definition) is 6. The van der Waals surface area contributed by atoms with Crippen molar-refractivity contribution in [1.29, 1.82) is 0 Å². The van der Waals surface area contributed by atoms with Gasteiger partial charge in [-0.05, 0) is 0 Å². The molecular formula is C11H13N5O3. The van der Waals surface area contributed by atoms with Crippen LogP contribution < -0.4 is 10.5 Å². The maximum atomic E-state index is 10.7. The van der Waals surface area contributed by atoms with Gasteiger partial charge in [-0.2, -0.15) is 5.10 Å². The fourth-order valence-electron chi connectivity index (χ4n) is 1.63. The molecule has 0 radical (unpaired) electrons. The smallest absolute Gasteiger partial charge is 0.325 e. The fourth-order valence-corrected chi connectivity index (χ4v) is 1.63. The summed E-state index contributed by atoms with van der Waals surface area (Å²) in [5.74, 6) is -0.969. The number of methoxy groups -OCH3 is 1. The molecule has 8 heteroatoms. The van der Waals surface area contributed by atoms with Crippen molar-refractivity contribution in [2.24, 2.45) is 5.73 Å². The lowest BCUT2D eigenvalue weighted by molar-refractivity contribution is -0.137. The standard InChI is InChI=1S/C11H13N5O3/c1-19-11-13-3-7(4-14-11)8-5-16(6-10(17)18)15-9(8)2-12/h3-5H,2,6,12H2,1H3,(H,17,18). The molecule has 0 aliphatic heterocycles. The van der Waals surface area contributed by atoms with E-state index >= 15 is 0 Å². The van der Waals surface area contributed by atoms with Crippen LogP contribution in [-0.2, 0) is 17.9 Å². The summed E-state index contributed by atoms with van der Waals surface area (Å²) in [5.41, 5.74) is 7.61. The van der Waals surface area contributed by atoms with Crippen molar-refractivity contribution in [3.05, 3.63) is 24.3 Å². The molecule has 0 spiro atoms. The third kappa shape index (κ3) is 2.86. The number of hydrogen-bond donors (Lipinski definition) is 2. The van der Waals surface area contributed by atoms with Crippen LogP contribution in [0, 0.1) is 0 Å². The highest BCUT2D eigenvalue weighted by Gasteiger charge is 2.12. The lowest BCUT2D eigenvalue weighted by Gasteiger charge is -2.00. The van der Waals surface area contributed by atoms with Gasteiger partial charge in [-0.15, -0.1) is 0 Å². The first kappa shape index (κ1) is 13.0. The first-order valence-electron chi connectivity index (χ1n) is 5.48. The molecule has 0 atom stereocenters. The monoisotopic (exact) mass is 263 g/mol. The lowest BCUT2D eigenvalue weighted by atomic mass is 10.1. The molecule has 0 aliphatic rings. The highest BCUT2D eigenvalue weighted by molar-refractivity contribution is 5.68. The molecule has 2 rings (SSSR count). The van der Waals surface area contributed by atoms with Crippen LogP contribution in [0.25, 0.3) is 11.1 Å². The SMILES string of the molecule is COc1ncc(-c2cn(CC(=O)O)nc2CN)cn1. The number of aromatic nitrogens is 4. The minimum Gasteiger partial charge on any atom is -0.480 e. The van der Waals surface area contributed by atoms with Crippen LogP contribution in [-0.4, -0.2) is 37.9 Å². The summed E-state index contributed by atoms with van der Waals surface area (Å²) >= 11 is 0. The van der Waals surface area contributed by atoms with Crippen molar-refractivity contribution < 1.29 is 14.6 Å². The second-order valence-corrected chi connectivity index (χ2v) is 3.74. The number of rotatable bonds is 5. The Morgan fingerprint density at radius 2 is 2.16 bits per heavy atom. The van der Waals surface area contributed by atoms with E-state index in [-0.39, 0.29) is 19.1 Å². The number of aliphatic carboxylic acids is 1. The van der Waals surface area contributed by atoms with E-state index in [2.05, 4.69) is 15.1 Å². The predicted octanol–water partition coefficient (Wildman–Crippen LogP) is -0.108. The van der Waals surface area contributed by atoms with Gasteiger partial charge in [0.25, 0.3) is 0 Å². The quantitative estimate of drug-likeness (QED) is 0.773. The van der Waals surface area contributed by atoms with E-state index in [0.29, 0.717) is 16.8 Å². The van der Waals surface area contributed by atoms with Crippen molar-refractivity contribution >= 4 is 5.97 Å². The zero-order valence-electron chi connectivity index (χ0n) is 10.3. The Hall–Kier alpha value is -2.48. The number of carboxylic acids is 1. The normalized spacial score (nSPS) is 10.4. The number of carboxylic acid groups (broad SMARTS) is 1. The van der Waals surface area contributed by atoms with Crippen LogP contribution in [0.4, 0.5) is 0 Å². The van der Waals surface area contributed by atoms with Crippen molar-refractivity contribution in [2.45, 2.75) is 13.1 Å². The summed E-state index contributed by atoms with van der Waals surface area (Å²) in [7, 11) is 1.48. The Kier molecular flexibility index (Phi) is 3.71. The Morgan fingerprint density at radius 1 is 1.47 bits per heavy atom. The van der Waals surface area contributed by atoms with Crippen LogP contribution in [0.2, 0.25) is 0 Å². The fraction of sp³-hybridized carbons (Fsp3) is 0.273. The molecule has 0 amide bonds. The number of carbonyl (C=O) groups is 1. The van der Waals surface area contributed by atoms with E-state index < -0.39 is 5.97 Å². The third-order valence-corrected chi connectivity index (χ3v) is 2.45. The summed E-state index contributed by atoms with van der Waals surface area (Å²) in [4.78, 5) is 18.6. The summed E-state index contributed by atoms with van der Waals surface area (Å²) in [6.45, 7) is -0.0159. The molecule has 3 N–H and O–H groups in total. The van der Waals surface area contributed by atoms with E-state index in [1.807, 2.05) is 0 Å². The minimum absolute atomic E-state index is 0.202. The predicted molar refractivity (Wildman–Crippen MR) is 65.3 cm³/mol. The van der Waals surface area contributed by atoms with Gasteiger partial charge in [0.1, 0.15) is 6.54 Å². The average molecular weight is 263 g/mol. The molecular weight excluding hydrogens is 250 g/mol. The van der Waals surface area contributed by atoms with Crippen LogP contribution in [0.15, 0.2) is 18.6 Å². The Balaban J connectivity index is 2.36. The van der Waals surface area contributed by atoms with E-state index in [0.717, 1.165) is 0 Å². The summed E-state index contributed by atoms with van der Waals surface area (Å²) < 4.78 is 6.20. The van der Waals surface area contributed by atoms with Gasteiger partial charge in [-0.3, -0.25) is 9.48 Å². The van der Waals surface area contributed by atoms with E-state index in [9.17, 15) is 4.79 Å². The van der Waals surface area contributed by atoms with Gasteiger partial charge in [-0.25, -0.2) is 9.97 Å². The summed E-state index contributed by atoms with van der Waals surface area (Å²) in [6, 6.07) is 0.260. The molecule has 2 aromatic rings. The first-order chi connectivity index (χ1) is 9.13. The van der Waals surface area contributed by atoms with E-state index in [4.69, 9.17) is 15.6 Å². The maximum Gasteiger partial charge on any atom is 0.325 e. The molecule has 0 bridgehead atoms. The third-order valence-electron chi connectivity index (χ3n) is 2.45. The maximum absolute atomic E-state index is 10.7. The molecule has 0 aromatic carbocycles. The zero-order chi connectivity index (χ0) is 13.8. The molecule has 2 heterocycles. The Labute approximate surface area is 108 Å². The first-order valence-corrected chi connectivity index (χ1v) is 5.48. The second-order valence-electron chi connectivity index (χ2n) is 3.74. The lowest BCUT2D eigenvalue weighted by Crippen LogP contribution is -2.09. The largest absolute Gasteiger partial charge is 0.480 e. The highest BCUT2D eigenvalue weighted by atomic mass is 16.5. The van der Waals surface area contributed by atoms with Gasteiger partial charge in [0.2, 0.25) is 0 Å². The van der Waals surface area contributed by atoms with Crippen molar-refractivity contribution in [3.63, 3.8) is 0 Å². The average Bonchev–Trinajstić information content (AvgIpc) is 2.81. The minimum atomic E-state index is -0.969. The van der Waals surface area contributed by atoms with Gasteiger partial charge in [0.15, 0.2) is 0 Å². The molecule has 0 saturated heterocycles. The van der Waals surface area contributed by atoms with Gasteiger partial charge in [0, 0.05) is 36.3 Å². The Morgan fingerprint density at radius 3 is 2.68 bits per heavy atom. The zero-order valence-corrected chi connectivity index (χ0v) is 10.3. The molecule has 0 fully saturated rings. The topological polar surface area (TPSA) is 116 Å². The van der Waals surface area contributed by atoms with Gasteiger partial charge in [-0.1, -0.05) is 0 Å². The number of nitrogens with two attached hydrogens (primary N) is 1. The van der Waals surface area contributed by atoms with Gasteiger partial charge in [0.05, 0.1) is 12.8 Å². The van der Waals surface area contributed by atoms with Gasteiger partial charge >= 0.3 is 12.0 Å². The molecule has 8 nitrogen and oxygen atoms in total. The van der Waals surface area contributed by atoms with Crippen molar-refractivity contribution in [3.8, 4) is 17.1 Å². The molecule has 0 unspecified atom stereocenters. The van der Waals surface area contributed by atoms with Crippen LogP contribution in [0.3, 0.4) is 0 Å². The highest BCUT2D eigenvalue weighted by Crippen LogP contribution is 2.22. The van der Waals surface area contributed by atoms with E-state index in [1.165, 1.54) is 11.8 Å². The van der Waals surface area contributed by atoms with E-state index in [1.54, 1.807) is 18.6 Å². The summed E-state index contributed by atoms with van der Waals surface area (Å²) in [6.07, 6.45) is 4.77. The van der Waals surface area contributed by atoms with Gasteiger partial charge < -0.3 is 15.6 Å². The molecule has 2 aromatic heterocycles. The second kappa shape index (κ2) is 5.44. The number of ether oxygens (including phenoxy) is 1. The van der Waals surface area contributed by atoms with Crippen molar-refractivity contribution in [2.75, 3.05) is 7.11 Å².